The summed E-state index contributed by atoms with van der Waals surface area (Å²) in [4.78, 5) is 11.3. The molecule has 0 N–H and O–H groups in total. The normalized spacial score (nSPS) is 21.2. The molecule has 0 aromatic rings. The number of carbonyl (C=O) groups excluding carboxylic acids is 1. The van der Waals surface area contributed by atoms with Gasteiger partial charge in [-0.2, -0.15) is 0 Å². The third-order valence-electron chi connectivity index (χ3n) is 4.49. The Morgan fingerprint density at radius 1 is 1.18 bits per heavy atom. The minimum absolute atomic E-state index is 0.156. The van der Waals surface area contributed by atoms with Crippen LogP contribution in [0.1, 0.15) is 52.9 Å². The van der Waals surface area contributed by atoms with Crippen molar-refractivity contribution in [3.05, 3.63) is 0 Å². The highest BCUT2D eigenvalue weighted by molar-refractivity contribution is 6.74. The van der Waals surface area contributed by atoms with Gasteiger partial charge in [-0.25, -0.2) is 0 Å². The van der Waals surface area contributed by atoms with Gasteiger partial charge < -0.3 is 9.22 Å². The Hall–Kier alpha value is -0.153. The second-order valence-electron chi connectivity index (χ2n) is 6.88. The second-order valence-corrected chi connectivity index (χ2v) is 11.6. The van der Waals surface area contributed by atoms with E-state index in [0.29, 0.717) is 5.92 Å². The van der Waals surface area contributed by atoms with Crippen molar-refractivity contribution in [1.82, 2.24) is 0 Å². The lowest BCUT2D eigenvalue weighted by Gasteiger charge is -2.40. The second kappa shape index (κ2) is 5.66. The summed E-state index contributed by atoms with van der Waals surface area (Å²) < 4.78 is 6.26. The Labute approximate surface area is 107 Å². The molecule has 0 aromatic heterocycles. The van der Waals surface area contributed by atoms with Crippen molar-refractivity contribution in [1.29, 1.82) is 0 Å². The lowest BCUT2D eigenvalue weighted by molar-refractivity contribution is -0.117. The van der Waals surface area contributed by atoms with E-state index in [4.69, 9.17) is 4.43 Å². The molecule has 1 aliphatic rings. The number of carbonyl (C=O) groups is 1. The minimum Gasteiger partial charge on any atom is -0.407 e. The molecule has 0 amide bonds. The molecule has 1 unspecified atom stereocenters. The largest absolute Gasteiger partial charge is 0.407 e. The molecular formula is C14H28O2Si. The van der Waals surface area contributed by atoms with Crippen LogP contribution in [0.5, 0.6) is 0 Å². The van der Waals surface area contributed by atoms with Crippen LogP contribution in [0.2, 0.25) is 18.1 Å². The maximum Gasteiger partial charge on any atom is 0.193 e. The fourth-order valence-corrected chi connectivity index (χ4v) is 3.50. The van der Waals surface area contributed by atoms with E-state index in [1.165, 1.54) is 19.3 Å². The first kappa shape index (κ1) is 14.9. The molecule has 100 valence electrons. The maximum atomic E-state index is 11.3. The molecule has 1 saturated carbocycles. The number of hydrogen-bond donors (Lipinski definition) is 0. The first-order valence-corrected chi connectivity index (χ1v) is 9.82. The van der Waals surface area contributed by atoms with Gasteiger partial charge in [0.1, 0.15) is 12.4 Å². The van der Waals surface area contributed by atoms with Gasteiger partial charge >= 0.3 is 0 Å². The Morgan fingerprint density at radius 3 is 2.12 bits per heavy atom. The van der Waals surface area contributed by atoms with Crippen molar-refractivity contribution >= 4 is 14.6 Å². The summed E-state index contributed by atoms with van der Waals surface area (Å²) in [5, 5.41) is 0.183. The fourth-order valence-electron chi connectivity index (χ4n) is 2.21. The third kappa shape index (κ3) is 3.92. The van der Waals surface area contributed by atoms with Gasteiger partial charge in [0.2, 0.25) is 0 Å². The van der Waals surface area contributed by atoms with Crippen LogP contribution < -0.4 is 0 Å². The number of rotatable bonds is 4. The van der Waals surface area contributed by atoms with E-state index in [-0.39, 0.29) is 11.1 Å². The Kier molecular flexibility index (Phi) is 4.96. The van der Waals surface area contributed by atoms with Gasteiger partial charge in [0, 0.05) is 0 Å². The van der Waals surface area contributed by atoms with Crippen molar-refractivity contribution in [2.24, 2.45) is 5.92 Å². The molecule has 2 nitrogen and oxygen atoms in total. The standard InChI is InChI=1S/C14H28O2Si/c1-14(2,3)17(4,5)16-13(11-15)12-9-7-6-8-10-12/h11-13H,6-10H2,1-5H3. The molecule has 0 spiro atoms. The maximum absolute atomic E-state index is 11.3. The summed E-state index contributed by atoms with van der Waals surface area (Å²) in [5.41, 5.74) is 0. The van der Waals surface area contributed by atoms with Crippen LogP contribution in [0.3, 0.4) is 0 Å². The summed E-state index contributed by atoms with van der Waals surface area (Å²) >= 11 is 0. The van der Waals surface area contributed by atoms with E-state index in [1.807, 2.05) is 0 Å². The van der Waals surface area contributed by atoms with Gasteiger partial charge in [0.15, 0.2) is 8.32 Å². The van der Waals surface area contributed by atoms with Crippen LogP contribution in [0.15, 0.2) is 0 Å². The molecule has 1 atom stereocenters. The highest BCUT2D eigenvalue weighted by atomic mass is 28.4. The Balaban J connectivity index is 2.65. The van der Waals surface area contributed by atoms with Crippen LogP contribution in [-0.4, -0.2) is 20.7 Å². The number of aldehydes is 1. The lowest BCUT2D eigenvalue weighted by atomic mass is 9.86. The molecule has 0 bridgehead atoms. The summed E-state index contributed by atoms with van der Waals surface area (Å²) in [6.07, 6.45) is 7.07. The Bertz CT molecular complexity index is 249. The Morgan fingerprint density at radius 2 is 1.71 bits per heavy atom. The molecule has 1 rings (SSSR count). The van der Waals surface area contributed by atoms with Crippen molar-refractivity contribution in [3.8, 4) is 0 Å². The predicted octanol–water partition coefficient (Wildman–Crippen LogP) is 4.16. The number of hydrogen-bond acceptors (Lipinski definition) is 2. The molecule has 0 heterocycles. The van der Waals surface area contributed by atoms with Crippen LogP contribution in [0, 0.1) is 5.92 Å². The van der Waals surface area contributed by atoms with Crippen molar-refractivity contribution in [3.63, 3.8) is 0 Å². The van der Waals surface area contributed by atoms with Crippen LogP contribution in [0.4, 0.5) is 0 Å². The van der Waals surface area contributed by atoms with Crippen molar-refractivity contribution < 1.29 is 9.22 Å². The molecule has 17 heavy (non-hydrogen) atoms. The molecule has 0 saturated heterocycles. The monoisotopic (exact) mass is 256 g/mol. The molecule has 0 aliphatic heterocycles. The van der Waals surface area contributed by atoms with Gasteiger partial charge in [-0.05, 0) is 36.9 Å². The zero-order valence-corrected chi connectivity index (χ0v) is 13.1. The quantitative estimate of drug-likeness (QED) is 0.558. The summed E-state index contributed by atoms with van der Waals surface area (Å²) in [7, 11) is -1.80. The van der Waals surface area contributed by atoms with Gasteiger partial charge in [-0.15, -0.1) is 0 Å². The summed E-state index contributed by atoms with van der Waals surface area (Å²) in [5.74, 6) is 0.468. The van der Waals surface area contributed by atoms with E-state index in [0.717, 1.165) is 19.1 Å². The van der Waals surface area contributed by atoms with E-state index < -0.39 is 8.32 Å². The molecule has 3 heteroatoms. The lowest BCUT2D eigenvalue weighted by Crippen LogP contribution is -2.46. The van der Waals surface area contributed by atoms with E-state index in [2.05, 4.69) is 33.9 Å². The van der Waals surface area contributed by atoms with Crippen LogP contribution >= 0.6 is 0 Å². The molecule has 1 aliphatic carbocycles. The summed E-state index contributed by atoms with van der Waals surface area (Å²) in [6.45, 7) is 11.1. The van der Waals surface area contributed by atoms with E-state index in [9.17, 15) is 4.79 Å². The topological polar surface area (TPSA) is 26.3 Å². The molecular weight excluding hydrogens is 228 g/mol. The molecule has 0 aromatic carbocycles. The highest BCUT2D eigenvalue weighted by Gasteiger charge is 2.40. The zero-order chi connectivity index (χ0) is 13.1. The average Bonchev–Trinajstić information content (AvgIpc) is 2.25. The SMILES string of the molecule is CC(C)(C)[Si](C)(C)OC(C=O)C1CCCCC1. The molecule has 0 radical (unpaired) electrons. The minimum atomic E-state index is -1.80. The van der Waals surface area contributed by atoms with E-state index in [1.54, 1.807) is 0 Å². The average molecular weight is 256 g/mol. The zero-order valence-electron chi connectivity index (χ0n) is 12.1. The first-order valence-electron chi connectivity index (χ1n) is 6.91. The highest BCUT2D eigenvalue weighted by Crippen LogP contribution is 2.39. The van der Waals surface area contributed by atoms with Crippen molar-refractivity contribution in [2.45, 2.75) is 77.1 Å². The smallest absolute Gasteiger partial charge is 0.193 e. The third-order valence-corrected chi connectivity index (χ3v) is 8.96. The molecule has 1 fully saturated rings. The van der Waals surface area contributed by atoms with Gasteiger partial charge in [-0.3, -0.25) is 0 Å². The van der Waals surface area contributed by atoms with Gasteiger partial charge in [-0.1, -0.05) is 40.0 Å². The van der Waals surface area contributed by atoms with E-state index >= 15 is 0 Å². The van der Waals surface area contributed by atoms with Gasteiger partial charge in [0.05, 0.1) is 0 Å². The fraction of sp³-hybridized carbons (Fsp3) is 0.929. The summed E-state index contributed by atoms with van der Waals surface area (Å²) in [6, 6.07) is 0. The first-order chi connectivity index (χ1) is 7.78. The predicted molar refractivity (Wildman–Crippen MR) is 74.7 cm³/mol. The van der Waals surface area contributed by atoms with Crippen LogP contribution in [0.25, 0.3) is 0 Å². The van der Waals surface area contributed by atoms with Gasteiger partial charge in [0.25, 0.3) is 0 Å². The van der Waals surface area contributed by atoms with Crippen molar-refractivity contribution in [2.75, 3.05) is 0 Å². The van der Waals surface area contributed by atoms with Crippen LogP contribution in [-0.2, 0) is 9.22 Å².